The van der Waals surface area contributed by atoms with Crippen LogP contribution in [0, 0.1) is 5.92 Å². The van der Waals surface area contributed by atoms with Crippen LogP contribution < -0.4 is 0 Å². The molecule has 2 rings (SSSR count). The largest absolute Gasteiger partial charge is 0.303 e. The third kappa shape index (κ3) is 0.788. The van der Waals surface area contributed by atoms with Crippen LogP contribution in [0.3, 0.4) is 0 Å². The zero-order valence-electron chi connectivity index (χ0n) is 6.12. The number of carbonyl (C=O) groups excluding carboxylic acids is 1. The fraction of sp³-hybridized carbons (Fsp3) is 0.875. The Morgan fingerprint density at radius 3 is 3.00 bits per heavy atom. The topological polar surface area (TPSA) is 20.3 Å². The van der Waals surface area contributed by atoms with Gasteiger partial charge in [-0.25, -0.2) is 0 Å². The van der Waals surface area contributed by atoms with Gasteiger partial charge in [0, 0.05) is 12.0 Å². The van der Waals surface area contributed by atoms with E-state index in [4.69, 9.17) is 0 Å². The van der Waals surface area contributed by atoms with Gasteiger partial charge in [0.2, 0.25) is 0 Å². The van der Waals surface area contributed by atoms with Gasteiger partial charge in [0.15, 0.2) is 0 Å². The molecule has 0 amide bonds. The predicted molar refractivity (Wildman–Crippen MR) is 38.8 cm³/mol. The second kappa shape index (κ2) is 2.35. The van der Waals surface area contributed by atoms with Crippen molar-refractivity contribution in [3.05, 3.63) is 0 Å². The second-order valence-electron chi connectivity index (χ2n) is 3.33. The normalized spacial score (nSPS) is 40.0. The van der Waals surface area contributed by atoms with E-state index in [1.54, 1.807) is 0 Å². The van der Waals surface area contributed by atoms with Crippen LogP contribution in [0.5, 0.6) is 0 Å². The van der Waals surface area contributed by atoms with Gasteiger partial charge in [-0.05, 0) is 32.4 Å². The molecule has 0 aromatic carbocycles. The lowest BCUT2D eigenvalue weighted by Gasteiger charge is -2.15. The van der Waals surface area contributed by atoms with E-state index in [0.717, 1.165) is 19.3 Å². The van der Waals surface area contributed by atoms with Gasteiger partial charge in [0.05, 0.1) is 0 Å². The van der Waals surface area contributed by atoms with Crippen molar-refractivity contribution in [3.63, 3.8) is 0 Å². The van der Waals surface area contributed by atoms with Crippen LogP contribution in [0.2, 0.25) is 0 Å². The van der Waals surface area contributed by atoms with Crippen molar-refractivity contribution in [1.29, 1.82) is 0 Å². The highest BCUT2D eigenvalue weighted by Crippen LogP contribution is 2.30. The molecule has 2 heteroatoms. The molecule has 2 fully saturated rings. The summed E-state index contributed by atoms with van der Waals surface area (Å²) in [5.74, 6) is 0.363. The smallest absolute Gasteiger partial charge is 0.124 e. The molecule has 2 saturated heterocycles. The average Bonchev–Trinajstić information content (AvgIpc) is 2.44. The number of carbonyl (C=O) groups is 1. The van der Waals surface area contributed by atoms with E-state index in [0.29, 0.717) is 12.0 Å². The maximum Gasteiger partial charge on any atom is 0.124 e. The molecule has 0 bridgehead atoms. The van der Waals surface area contributed by atoms with Gasteiger partial charge in [-0.3, -0.25) is 4.90 Å². The highest BCUT2D eigenvalue weighted by molar-refractivity contribution is 5.55. The van der Waals surface area contributed by atoms with E-state index in [1.807, 2.05) is 0 Å². The first-order valence-electron chi connectivity index (χ1n) is 4.11. The van der Waals surface area contributed by atoms with Crippen LogP contribution in [0.1, 0.15) is 19.3 Å². The molecular weight excluding hydrogens is 126 g/mol. The molecule has 0 radical (unpaired) electrons. The Morgan fingerprint density at radius 2 is 2.20 bits per heavy atom. The highest BCUT2D eigenvalue weighted by atomic mass is 16.1. The molecule has 2 heterocycles. The summed E-state index contributed by atoms with van der Waals surface area (Å²) >= 11 is 0. The van der Waals surface area contributed by atoms with Crippen molar-refractivity contribution in [2.45, 2.75) is 25.3 Å². The van der Waals surface area contributed by atoms with Crippen LogP contribution in [-0.4, -0.2) is 30.3 Å². The third-order valence-electron chi connectivity index (χ3n) is 2.83. The monoisotopic (exact) mass is 139 g/mol. The van der Waals surface area contributed by atoms with E-state index in [-0.39, 0.29) is 0 Å². The molecule has 0 aliphatic carbocycles. The minimum Gasteiger partial charge on any atom is -0.303 e. The van der Waals surface area contributed by atoms with Gasteiger partial charge in [-0.2, -0.15) is 0 Å². The van der Waals surface area contributed by atoms with Crippen molar-refractivity contribution in [3.8, 4) is 0 Å². The number of fused-ring (bicyclic) bond motifs is 1. The van der Waals surface area contributed by atoms with Gasteiger partial charge in [-0.15, -0.1) is 0 Å². The Kier molecular flexibility index (Phi) is 1.49. The van der Waals surface area contributed by atoms with Gasteiger partial charge in [0.25, 0.3) is 0 Å². The van der Waals surface area contributed by atoms with E-state index < -0.39 is 0 Å². The van der Waals surface area contributed by atoms with Gasteiger partial charge >= 0.3 is 0 Å². The van der Waals surface area contributed by atoms with Crippen LogP contribution in [0.15, 0.2) is 0 Å². The first-order valence-corrected chi connectivity index (χ1v) is 4.11. The van der Waals surface area contributed by atoms with Gasteiger partial charge in [0.1, 0.15) is 6.29 Å². The van der Waals surface area contributed by atoms with Crippen LogP contribution in [0.25, 0.3) is 0 Å². The molecule has 0 aromatic rings. The molecule has 0 unspecified atom stereocenters. The van der Waals surface area contributed by atoms with Crippen molar-refractivity contribution < 1.29 is 4.79 Å². The molecular formula is C8H13NO. The first-order chi connectivity index (χ1) is 4.92. The molecule has 2 nitrogen and oxygen atoms in total. The third-order valence-corrected chi connectivity index (χ3v) is 2.83. The van der Waals surface area contributed by atoms with E-state index in [9.17, 15) is 4.79 Å². The minimum absolute atomic E-state index is 0.363. The summed E-state index contributed by atoms with van der Waals surface area (Å²) < 4.78 is 0. The molecule has 0 N–H and O–H groups in total. The second-order valence-corrected chi connectivity index (χ2v) is 3.33. The lowest BCUT2D eigenvalue weighted by atomic mass is 10.0. The number of hydrogen-bond acceptors (Lipinski definition) is 2. The Morgan fingerprint density at radius 1 is 1.30 bits per heavy atom. The Hall–Kier alpha value is -0.370. The molecule has 0 saturated carbocycles. The van der Waals surface area contributed by atoms with Crippen molar-refractivity contribution in [2.75, 3.05) is 13.1 Å². The van der Waals surface area contributed by atoms with E-state index in [1.165, 1.54) is 19.4 Å². The average molecular weight is 139 g/mol. The first kappa shape index (κ1) is 6.35. The van der Waals surface area contributed by atoms with Crippen molar-refractivity contribution >= 4 is 6.29 Å². The van der Waals surface area contributed by atoms with Gasteiger partial charge in [-0.1, -0.05) is 0 Å². The number of rotatable bonds is 1. The summed E-state index contributed by atoms with van der Waals surface area (Å²) in [5, 5.41) is 0. The fourth-order valence-corrected chi connectivity index (χ4v) is 2.28. The molecule has 10 heavy (non-hydrogen) atoms. The van der Waals surface area contributed by atoms with Crippen molar-refractivity contribution in [1.82, 2.24) is 4.90 Å². The summed E-state index contributed by atoms with van der Waals surface area (Å²) in [6.45, 7) is 2.39. The summed E-state index contributed by atoms with van der Waals surface area (Å²) in [6.07, 6.45) is 4.81. The van der Waals surface area contributed by atoms with E-state index in [2.05, 4.69) is 4.90 Å². The number of aldehydes is 1. The van der Waals surface area contributed by atoms with Crippen LogP contribution in [0.4, 0.5) is 0 Å². The summed E-state index contributed by atoms with van der Waals surface area (Å²) in [5.41, 5.74) is 0. The lowest BCUT2D eigenvalue weighted by Crippen LogP contribution is -2.26. The quantitative estimate of drug-likeness (QED) is 0.498. The zero-order chi connectivity index (χ0) is 6.97. The molecule has 0 spiro atoms. The maximum absolute atomic E-state index is 10.5. The fourth-order valence-electron chi connectivity index (χ4n) is 2.28. The van der Waals surface area contributed by atoms with E-state index >= 15 is 0 Å². The predicted octanol–water partition coefficient (Wildman–Crippen LogP) is 0.670. The Labute approximate surface area is 61.2 Å². The zero-order valence-corrected chi connectivity index (χ0v) is 6.12. The standard InChI is InChI=1S/C8H13NO/c10-6-7-3-5-9-4-1-2-8(7)9/h6-8H,1-5H2/t7-,8-/m1/s1. The molecule has 0 aromatic heterocycles. The summed E-state index contributed by atoms with van der Waals surface area (Å²) in [4.78, 5) is 13.0. The SMILES string of the molecule is O=C[C@H]1CCN2CCC[C@H]12. The minimum atomic E-state index is 0.363. The van der Waals surface area contributed by atoms with Crippen LogP contribution >= 0.6 is 0 Å². The Balaban J connectivity index is 2.07. The lowest BCUT2D eigenvalue weighted by molar-refractivity contribution is -0.111. The molecule has 2 aliphatic heterocycles. The summed E-state index contributed by atoms with van der Waals surface area (Å²) in [7, 11) is 0. The maximum atomic E-state index is 10.5. The Bertz CT molecular complexity index is 146. The summed E-state index contributed by atoms with van der Waals surface area (Å²) in [6, 6.07) is 0.623. The highest BCUT2D eigenvalue weighted by Gasteiger charge is 2.36. The molecule has 2 aliphatic rings. The molecule has 2 atom stereocenters. The van der Waals surface area contributed by atoms with Gasteiger partial charge < -0.3 is 4.79 Å². The number of hydrogen-bond donors (Lipinski definition) is 0. The molecule has 56 valence electrons. The van der Waals surface area contributed by atoms with Crippen LogP contribution in [-0.2, 0) is 4.79 Å². The van der Waals surface area contributed by atoms with Crippen molar-refractivity contribution in [2.24, 2.45) is 5.92 Å². The number of nitrogens with zero attached hydrogens (tertiary/aromatic N) is 1.